The van der Waals surface area contributed by atoms with Gasteiger partial charge in [-0.25, -0.2) is 0 Å². The minimum absolute atomic E-state index is 0.226. The molecule has 1 heterocycles. The number of amides is 1. The van der Waals surface area contributed by atoms with Crippen molar-refractivity contribution in [3.05, 3.63) is 83.9 Å². The van der Waals surface area contributed by atoms with E-state index in [1.54, 1.807) is 42.5 Å². The second-order valence-electron chi connectivity index (χ2n) is 7.66. The molecule has 0 saturated heterocycles. The molecule has 0 unspecified atom stereocenters. The maximum atomic E-state index is 13.4. The number of ether oxygens (including phenoxy) is 3. The molecule has 1 aliphatic heterocycles. The van der Waals surface area contributed by atoms with Crippen LogP contribution in [0.25, 0.3) is 0 Å². The van der Waals surface area contributed by atoms with Gasteiger partial charge in [-0.15, -0.1) is 0 Å². The van der Waals surface area contributed by atoms with Crippen LogP contribution >= 0.6 is 0 Å². The normalized spacial score (nSPS) is 16.9. The van der Waals surface area contributed by atoms with Gasteiger partial charge in [0.25, 0.3) is 5.91 Å². The van der Waals surface area contributed by atoms with Crippen molar-refractivity contribution in [3.63, 3.8) is 0 Å². The zero-order valence-corrected chi connectivity index (χ0v) is 18.5. The molecule has 0 saturated carbocycles. The van der Waals surface area contributed by atoms with E-state index in [0.29, 0.717) is 28.5 Å². The van der Waals surface area contributed by atoms with Crippen LogP contribution in [0, 0.1) is 0 Å². The first-order chi connectivity index (χ1) is 16.0. The number of Topliss-reactive ketones (excluding diaryl/α,β-unsaturated/α-hetero) is 1. The standard InChI is InChI=1S/C26H25NO6/c1-31-19-12-13-24(32-2)20(16-19)23(28)17-26(30)21-10-6-7-11-22(21)27(25(26)29)14-15-33-18-8-4-3-5-9-18/h3-13,16,30H,14-15,17H2,1-2H3/t26-/m1/s1. The van der Waals surface area contributed by atoms with E-state index in [1.165, 1.54) is 19.1 Å². The third-order valence-electron chi connectivity index (χ3n) is 5.69. The average Bonchev–Trinajstić information content (AvgIpc) is 3.06. The van der Waals surface area contributed by atoms with Gasteiger partial charge in [0.1, 0.15) is 23.9 Å². The summed E-state index contributed by atoms with van der Waals surface area (Å²) in [5.74, 6) is 0.516. The Kier molecular flexibility index (Phi) is 6.33. The second kappa shape index (κ2) is 9.34. The quantitative estimate of drug-likeness (QED) is 0.505. The molecule has 1 atom stereocenters. The van der Waals surface area contributed by atoms with Crippen LogP contribution in [0.15, 0.2) is 72.8 Å². The van der Waals surface area contributed by atoms with Gasteiger partial charge in [0.15, 0.2) is 11.4 Å². The molecule has 0 radical (unpaired) electrons. The van der Waals surface area contributed by atoms with Crippen molar-refractivity contribution >= 4 is 17.4 Å². The van der Waals surface area contributed by atoms with Gasteiger partial charge < -0.3 is 24.2 Å². The van der Waals surface area contributed by atoms with Crippen molar-refractivity contribution in [1.82, 2.24) is 0 Å². The number of benzene rings is 3. The highest BCUT2D eigenvalue weighted by molar-refractivity contribution is 6.11. The number of rotatable bonds is 9. The molecule has 1 amide bonds. The summed E-state index contributed by atoms with van der Waals surface area (Å²) in [6.45, 7) is 0.460. The Morgan fingerprint density at radius 2 is 1.67 bits per heavy atom. The Balaban J connectivity index is 1.58. The van der Waals surface area contributed by atoms with E-state index in [4.69, 9.17) is 14.2 Å². The molecule has 1 N–H and O–H groups in total. The van der Waals surface area contributed by atoms with Crippen LogP contribution in [0.1, 0.15) is 22.3 Å². The largest absolute Gasteiger partial charge is 0.497 e. The van der Waals surface area contributed by atoms with Crippen LogP contribution in [0.3, 0.4) is 0 Å². The van der Waals surface area contributed by atoms with Gasteiger partial charge in [-0.1, -0.05) is 36.4 Å². The summed E-state index contributed by atoms with van der Waals surface area (Å²) in [4.78, 5) is 28.1. The molecule has 170 valence electrons. The van der Waals surface area contributed by atoms with Crippen LogP contribution in [0.5, 0.6) is 17.2 Å². The Hall–Kier alpha value is -3.84. The fourth-order valence-corrected chi connectivity index (χ4v) is 4.03. The van der Waals surface area contributed by atoms with Gasteiger partial charge in [0, 0.05) is 5.56 Å². The number of fused-ring (bicyclic) bond motifs is 1. The van der Waals surface area contributed by atoms with Crippen LogP contribution in [0.2, 0.25) is 0 Å². The SMILES string of the molecule is COc1ccc(OC)c(C(=O)C[C@]2(O)C(=O)N(CCOc3ccccc3)c3ccccc32)c1. The molecule has 4 rings (SSSR count). The maximum absolute atomic E-state index is 13.4. The summed E-state index contributed by atoms with van der Waals surface area (Å²) in [5.41, 5.74) is -0.799. The molecule has 7 nitrogen and oxygen atoms in total. The highest BCUT2D eigenvalue weighted by Crippen LogP contribution is 2.43. The Bertz CT molecular complexity index is 1160. The Labute approximate surface area is 192 Å². The summed E-state index contributed by atoms with van der Waals surface area (Å²) in [5, 5.41) is 11.5. The molecular formula is C26H25NO6. The van der Waals surface area contributed by atoms with Gasteiger partial charge in [-0.05, 0) is 36.4 Å². The van der Waals surface area contributed by atoms with Crippen LogP contribution in [0.4, 0.5) is 5.69 Å². The van der Waals surface area contributed by atoms with Gasteiger partial charge in [0.2, 0.25) is 0 Å². The minimum Gasteiger partial charge on any atom is -0.497 e. The summed E-state index contributed by atoms with van der Waals surface area (Å²) in [6.07, 6.45) is -0.428. The Morgan fingerprint density at radius 3 is 2.39 bits per heavy atom. The van der Waals surface area contributed by atoms with E-state index < -0.39 is 23.7 Å². The predicted octanol–water partition coefficient (Wildman–Crippen LogP) is 3.59. The van der Waals surface area contributed by atoms with Gasteiger partial charge >= 0.3 is 0 Å². The van der Waals surface area contributed by atoms with Crippen LogP contribution < -0.4 is 19.1 Å². The highest BCUT2D eigenvalue weighted by Gasteiger charge is 2.50. The van der Waals surface area contributed by atoms with Crippen molar-refractivity contribution in [3.8, 4) is 17.2 Å². The summed E-state index contributed by atoms with van der Waals surface area (Å²) >= 11 is 0. The number of carbonyl (C=O) groups excluding carboxylic acids is 2. The highest BCUT2D eigenvalue weighted by atomic mass is 16.5. The fraction of sp³-hybridized carbons (Fsp3) is 0.231. The smallest absolute Gasteiger partial charge is 0.264 e. The van der Waals surface area contributed by atoms with Crippen molar-refractivity contribution in [1.29, 1.82) is 0 Å². The number of methoxy groups -OCH3 is 2. The van der Waals surface area contributed by atoms with Crippen LogP contribution in [-0.4, -0.2) is 44.2 Å². The summed E-state index contributed by atoms with van der Waals surface area (Å²) in [7, 11) is 2.95. The third-order valence-corrected chi connectivity index (χ3v) is 5.69. The lowest BCUT2D eigenvalue weighted by Gasteiger charge is -2.23. The molecule has 7 heteroatoms. The zero-order valence-electron chi connectivity index (χ0n) is 18.5. The number of nitrogens with zero attached hydrogens (tertiary/aromatic N) is 1. The average molecular weight is 447 g/mol. The van der Waals surface area contributed by atoms with Gasteiger partial charge in [-0.2, -0.15) is 0 Å². The van der Waals surface area contributed by atoms with Crippen molar-refractivity contribution in [2.45, 2.75) is 12.0 Å². The summed E-state index contributed by atoms with van der Waals surface area (Å²) < 4.78 is 16.3. The first-order valence-electron chi connectivity index (χ1n) is 10.5. The monoisotopic (exact) mass is 447 g/mol. The molecule has 33 heavy (non-hydrogen) atoms. The minimum atomic E-state index is -1.99. The first kappa shape index (κ1) is 22.4. The molecule has 0 aromatic heterocycles. The van der Waals surface area contributed by atoms with Gasteiger partial charge in [-0.3, -0.25) is 9.59 Å². The number of anilines is 1. The first-order valence-corrected chi connectivity index (χ1v) is 10.5. The number of carbonyl (C=O) groups is 2. The molecule has 0 aliphatic carbocycles. The maximum Gasteiger partial charge on any atom is 0.264 e. The lowest BCUT2D eigenvalue weighted by Crippen LogP contribution is -2.43. The molecule has 3 aromatic carbocycles. The predicted molar refractivity (Wildman–Crippen MR) is 123 cm³/mol. The number of para-hydroxylation sites is 2. The van der Waals surface area contributed by atoms with E-state index in [2.05, 4.69) is 0 Å². The van der Waals surface area contributed by atoms with E-state index in [9.17, 15) is 14.7 Å². The molecule has 0 bridgehead atoms. The fourth-order valence-electron chi connectivity index (χ4n) is 4.03. The number of aliphatic hydroxyl groups is 1. The molecule has 0 spiro atoms. The molecule has 0 fully saturated rings. The molecular weight excluding hydrogens is 422 g/mol. The number of hydrogen-bond acceptors (Lipinski definition) is 6. The molecule has 1 aliphatic rings. The third kappa shape index (κ3) is 4.27. The van der Waals surface area contributed by atoms with E-state index in [-0.39, 0.29) is 18.7 Å². The lowest BCUT2D eigenvalue weighted by molar-refractivity contribution is -0.135. The van der Waals surface area contributed by atoms with Crippen molar-refractivity contribution in [2.24, 2.45) is 0 Å². The van der Waals surface area contributed by atoms with E-state index in [1.807, 2.05) is 30.3 Å². The zero-order chi connectivity index (χ0) is 23.4. The topological polar surface area (TPSA) is 85.3 Å². The van der Waals surface area contributed by atoms with Crippen molar-refractivity contribution in [2.75, 3.05) is 32.3 Å². The van der Waals surface area contributed by atoms with E-state index in [0.717, 1.165) is 0 Å². The Morgan fingerprint density at radius 1 is 0.939 bits per heavy atom. The number of hydrogen-bond donors (Lipinski definition) is 1. The summed E-state index contributed by atoms with van der Waals surface area (Å²) in [6, 6.07) is 21.1. The van der Waals surface area contributed by atoms with Crippen LogP contribution in [-0.2, 0) is 10.4 Å². The number of ketones is 1. The lowest BCUT2D eigenvalue weighted by atomic mass is 9.88. The van der Waals surface area contributed by atoms with Gasteiger partial charge in [0.05, 0.1) is 38.4 Å². The van der Waals surface area contributed by atoms with Crippen molar-refractivity contribution < 1.29 is 28.9 Å². The molecule has 3 aromatic rings. The second-order valence-corrected chi connectivity index (χ2v) is 7.66. The van der Waals surface area contributed by atoms with E-state index >= 15 is 0 Å².